The lowest BCUT2D eigenvalue weighted by atomic mass is 10.2. The van der Waals surface area contributed by atoms with E-state index >= 15 is 0 Å². The molecular weight excluding hydrogens is 395 g/mol. The molecule has 29 heavy (non-hydrogen) atoms. The van der Waals surface area contributed by atoms with Crippen LogP contribution in [-0.2, 0) is 14.8 Å². The Labute approximate surface area is 169 Å². The first-order valence-electron chi connectivity index (χ1n) is 9.22. The Balaban J connectivity index is 1.48. The van der Waals surface area contributed by atoms with Gasteiger partial charge in [0.2, 0.25) is 10.0 Å². The van der Waals surface area contributed by atoms with Crippen molar-refractivity contribution in [2.45, 2.75) is 11.8 Å². The Morgan fingerprint density at radius 1 is 1.10 bits per heavy atom. The number of hydrogen-bond donors (Lipinski definition) is 1. The molecule has 0 radical (unpaired) electrons. The molecule has 0 bridgehead atoms. The zero-order valence-electron chi connectivity index (χ0n) is 16.1. The number of nitrogens with one attached hydrogen (secondary N) is 1. The van der Waals surface area contributed by atoms with Crippen LogP contribution in [0.15, 0.2) is 58.5 Å². The molecule has 1 aliphatic heterocycles. The van der Waals surface area contributed by atoms with E-state index in [0.29, 0.717) is 26.2 Å². The van der Waals surface area contributed by atoms with Crippen LogP contribution in [0.2, 0.25) is 0 Å². The van der Waals surface area contributed by atoms with Crippen LogP contribution in [0.1, 0.15) is 11.1 Å². The van der Waals surface area contributed by atoms with Gasteiger partial charge in [-0.1, -0.05) is 35.9 Å². The second-order valence-electron chi connectivity index (χ2n) is 6.81. The summed E-state index contributed by atoms with van der Waals surface area (Å²) in [6.07, 6.45) is 1.25. The molecule has 0 saturated carbocycles. The summed E-state index contributed by atoms with van der Waals surface area (Å²) in [6.45, 7) is 3.49. The average Bonchev–Trinajstić information content (AvgIpc) is 2.70. The van der Waals surface area contributed by atoms with Crippen molar-refractivity contribution in [1.82, 2.24) is 14.6 Å². The van der Waals surface area contributed by atoms with E-state index < -0.39 is 15.8 Å². The Morgan fingerprint density at radius 2 is 1.76 bits per heavy atom. The zero-order valence-corrected chi connectivity index (χ0v) is 16.9. The summed E-state index contributed by atoms with van der Waals surface area (Å²) in [5.74, 6) is -0.760. The van der Waals surface area contributed by atoms with Gasteiger partial charge in [0, 0.05) is 31.7 Å². The van der Waals surface area contributed by atoms with Gasteiger partial charge in [0.15, 0.2) is 0 Å². The van der Waals surface area contributed by atoms with Crippen LogP contribution in [0.3, 0.4) is 0 Å². The minimum atomic E-state index is -3.53. The fourth-order valence-corrected chi connectivity index (χ4v) is 4.40. The third-order valence-electron chi connectivity index (χ3n) is 4.66. The monoisotopic (exact) mass is 418 g/mol. The second kappa shape index (κ2) is 9.25. The van der Waals surface area contributed by atoms with Crippen molar-refractivity contribution in [3.05, 3.63) is 65.5 Å². The summed E-state index contributed by atoms with van der Waals surface area (Å²) in [4.78, 5) is 14.2. The highest BCUT2D eigenvalue weighted by Gasteiger charge is 2.28. The number of rotatable bonds is 6. The summed E-state index contributed by atoms with van der Waals surface area (Å²) in [5, 5.41) is 3.77. The third-order valence-corrected chi connectivity index (χ3v) is 6.57. The third kappa shape index (κ3) is 5.47. The van der Waals surface area contributed by atoms with E-state index in [-0.39, 0.29) is 22.9 Å². The summed E-state index contributed by atoms with van der Waals surface area (Å²) >= 11 is 0. The lowest BCUT2D eigenvalue weighted by Crippen LogP contribution is -2.50. The molecule has 1 amide bonds. The van der Waals surface area contributed by atoms with E-state index in [1.165, 1.54) is 16.6 Å². The predicted molar refractivity (Wildman–Crippen MR) is 109 cm³/mol. The average molecular weight is 418 g/mol. The number of piperazine rings is 1. The fourth-order valence-electron chi connectivity index (χ4n) is 2.98. The van der Waals surface area contributed by atoms with Gasteiger partial charge in [0.1, 0.15) is 5.82 Å². The Hall–Kier alpha value is -2.62. The number of sulfonamides is 1. The Bertz CT molecular complexity index is 985. The SMILES string of the molecule is Cc1ccc(S(=O)(=O)N2CCN(CC(=O)NN=Cc3ccccc3F)CC2)cc1. The Kier molecular flexibility index (Phi) is 6.73. The largest absolute Gasteiger partial charge is 0.292 e. The van der Waals surface area contributed by atoms with E-state index in [9.17, 15) is 17.6 Å². The van der Waals surface area contributed by atoms with Gasteiger partial charge in [-0.05, 0) is 25.1 Å². The van der Waals surface area contributed by atoms with Crippen LogP contribution in [0.5, 0.6) is 0 Å². The van der Waals surface area contributed by atoms with Crippen LogP contribution < -0.4 is 5.43 Å². The normalized spacial score (nSPS) is 16.2. The molecule has 1 N–H and O–H groups in total. The van der Waals surface area contributed by atoms with E-state index in [4.69, 9.17) is 0 Å². The second-order valence-corrected chi connectivity index (χ2v) is 8.75. The molecule has 9 heteroatoms. The molecule has 2 aromatic rings. The highest BCUT2D eigenvalue weighted by Crippen LogP contribution is 2.18. The summed E-state index contributed by atoms with van der Waals surface area (Å²) in [7, 11) is -3.53. The topological polar surface area (TPSA) is 82.1 Å². The molecule has 0 unspecified atom stereocenters. The number of nitrogens with zero attached hydrogens (tertiary/aromatic N) is 3. The first-order valence-corrected chi connectivity index (χ1v) is 10.7. The minimum absolute atomic E-state index is 0.0903. The molecule has 1 heterocycles. The highest BCUT2D eigenvalue weighted by atomic mass is 32.2. The number of hydrogen-bond acceptors (Lipinski definition) is 5. The highest BCUT2D eigenvalue weighted by molar-refractivity contribution is 7.89. The molecule has 2 aromatic carbocycles. The number of carbonyl (C=O) groups is 1. The van der Waals surface area contributed by atoms with Crippen LogP contribution in [-0.4, -0.2) is 62.5 Å². The van der Waals surface area contributed by atoms with E-state index in [1.807, 2.05) is 11.8 Å². The van der Waals surface area contributed by atoms with Gasteiger partial charge in [-0.25, -0.2) is 18.2 Å². The molecule has 7 nitrogen and oxygen atoms in total. The van der Waals surface area contributed by atoms with E-state index in [2.05, 4.69) is 10.5 Å². The van der Waals surface area contributed by atoms with Crippen molar-refractivity contribution < 1.29 is 17.6 Å². The van der Waals surface area contributed by atoms with Gasteiger partial charge < -0.3 is 0 Å². The number of hydrazone groups is 1. The van der Waals surface area contributed by atoms with Crippen LogP contribution in [0, 0.1) is 12.7 Å². The predicted octanol–water partition coefficient (Wildman–Crippen LogP) is 1.59. The molecule has 0 aliphatic carbocycles. The summed E-state index contributed by atoms with van der Waals surface area (Å²) in [5.41, 5.74) is 3.65. The molecular formula is C20H23FN4O3S. The number of amides is 1. The van der Waals surface area contributed by atoms with Crippen molar-refractivity contribution in [3.8, 4) is 0 Å². The smallest absolute Gasteiger partial charge is 0.254 e. The van der Waals surface area contributed by atoms with Crippen LogP contribution in [0.25, 0.3) is 0 Å². The molecule has 0 spiro atoms. The number of aryl methyl sites for hydroxylation is 1. The molecule has 0 aromatic heterocycles. The van der Waals surface area contributed by atoms with E-state index in [1.54, 1.807) is 42.5 Å². The number of benzene rings is 2. The summed E-state index contributed by atoms with van der Waals surface area (Å²) < 4.78 is 40.3. The first-order chi connectivity index (χ1) is 13.9. The fraction of sp³-hybridized carbons (Fsp3) is 0.300. The van der Waals surface area contributed by atoms with Gasteiger partial charge >= 0.3 is 0 Å². The molecule has 154 valence electrons. The molecule has 1 saturated heterocycles. The maximum Gasteiger partial charge on any atom is 0.254 e. The van der Waals surface area contributed by atoms with Gasteiger partial charge in [-0.3, -0.25) is 9.69 Å². The standard InChI is InChI=1S/C20H23FN4O3S/c1-16-6-8-18(9-7-16)29(27,28)25-12-10-24(11-13-25)15-20(26)23-22-14-17-4-2-3-5-19(17)21/h2-9,14H,10-13,15H2,1H3,(H,23,26). The van der Waals surface area contributed by atoms with Crippen molar-refractivity contribution in [3.63, 3.8) is 0 Å². The van der Waals surface area contributed by atoms with Gasteiger partial charge in [-0.15, -0.1) is 0 Å². The minimum Gasteiger partial charge on any atom is -0.292 e. The van der Waals surface area contributed by atoms with Crippen LogP contribution in [0.4, 0.5) is 4.39 Å². The van der Waals surface area contributed by atoms with Gasteiger partial charge in [0.25, 0.3) is 5.91 Å². The van der Waals surface area contributed by atoms with E-state index in [0.717, 1.165) is 5.56 Å². The zero-order chi connectivity index (χ0) is 20.9. The van der Waals surface area contributed by atoms with Crippen molar-refractivity contribution in [1.29, 1.82) is 0 Å². The van der Waals surface area contributed by atoms with Gasteiger partial charge in [-0.2, -0.15) is 9.41 Å². The lowest BCUT2D eigenvalue weighted by molar-refractivity contribution is -0.122. The summed E-state index contributed by atoms with van der Waals surface area (Å²) in [6, 6.07) is 12.9. The lowest BCUT2D eigenvalue weighted by Gasteiger charge is -2.33. The van der Waals surface area contributed by atoms with Crippen molar-refractivity contribution in [2.24, 2.45) is 5.10 Å². The molecule has 1 aliphatic rings. The number of carbonyl (C=O) groups excluding carboxylic acids is 1. The van der Waals surface area contributed by atoms with Crippen molar-refractivity contribution >= 4 is 22.1 Å². The van der Waals surface area contributed by atoms with Crippen LogP contribution >= 0.6 is 0 Å². The van der Waals surface area contributed by atoms with Gasteiger partial charge in [0.05, 0.1) is 17.7 Å². The molecule has 0 atom stereocenters. The van der Waals surface area contributed by atoms with Crippen molar-refractivity contribution in [2.75, 3.05) is 32.7 Å². The number of halogens is 1. The Morgan fingerprint density at radius 3 is 2.41 bits per heavy atom. The maximum absolute atomic E-state index is 13.5. The molecule has 1 fully saturated rings. The quantitative estimate of drug-likeness (QED) is 0.571. The molecule has 3 rings (SSSR count). The first kappa shape index (κ1) is 21.1. The maximum atomic E-state index is 13.5.